The maximum atomic E-state index is 14.1. The number of aliphatic hydroxyl groups is 1. The maximum absolute atomic E-state index is 14.1. The molecule has 5 N–H and O–H groups in total. The van der Waals surface area contributed by atoms with E-state index in [2.05, 4.69) is 19.9 Å². The van der Waals surface area contributed by atoms with Gasteiger partial charge < -0.3 is 20.9 Å². The summed E-state index contributed by atoms with van der Waals surface area (Å²) in [6, 6.07) is 2.03. The molecule has 1 aliphatic heterocycles. The van der Waals surface area contributed by atoms with Crippen LogP contribution >= 0.6 is 11.5 Å². The molecule has 2 heterocycles. The fourth-order valence-corrected chi connectivity index (χ4v) is 4.77. The summed E-state index contributed by atoms with van der Waals surface area (Å²) in [5, 5.41) is 14.8. The summed E-state index contributed by atoms with van der Waals surface area (Å²) in [7, 11) is 0. The number of hydrogen-bond donors (Lipinski definition) is 4. The normalized spacial score (nSPS) is 16.2. The summed E-state index contributed by atoms with van der Waals surface area (Å²) in [4.78, 5) is 26.5. The van der Waals surface area contributed by atoms with Crippen molar-refractivity contribution >= 4 is 28.5 Å². The lowest BCUT2D eigenvalue weighted by atomic mass is 10.0. The van der Waals surface area contributed by atoms with E-state index >= 15 is 0 Å². The standard InChI is InChI=1S/C23H31F2N5O4S/c1-14-10-17(24)16(18(25)11-14)13-34-21-19(20(26)32)22(35-29-21)28-23(33)27-7-3-5-9-30-8-4-2-6-15(30)12-31/h10-11,15,31H,2-9,12-13H2,1H3,(H2,26,32)(H2,27,28,33). The lowest BCUT2D eigenvalue weighted by Gasteiger charge is -2.34. The van der Waals surface area contributed by atoms with Gasteiger partial charge in [-0.2, -0.15) is 4.37 Å². The van der Waals surface area contributed by atoms with Gasteiger partial charge in [-0.1, -0.05) is 6.42 Å². The number of nitrogens with zero attached hydrogens (tertiary/aromatic N) is 2. The highest BCUT2D eigenvalue weighted by molar-refractivity contribution is 7.11. The molecule has 3 rings (SSSR count). The zero-order valence-electron chi connectivity index (χ0n) is 19.6. The summed E-state index contributed by atoms with van der Waals surface area (Å²) in [6.07, 6.45) is 4.90. The molecule has 0 saturated carbocycles. The van der Waals surface area contributed by atoms with E-state index < -0.39 is 30.2 Å². The van der Waals surface area contributed by atoms with Crippen LogP contribution in [0.3, 0.4) is 0 Å². The number of rotatable bonds is 11. The largest absolute Gasteiger partial charge is 0.471 e. The minimum absolute atomic E-state index is 0.0777. The van der Waals surface area contributed by atoms with Crippen molar-refractivity contribution in [3.63, 3.8) is 0 Å². The third-order valence-corrected chi connectivity index (χ3v) is 6.64. The molecule has 0 radical (unpaired) electrons. The number of aromatic nitrogens is 1. The molecular weight excluding hydrogens is 480 g/mol. The minimum Gasteiger partial charge on any atom is -0.471 e. The van der Waals surface area contributed by atoms with Gasteiger partial charge in [0.25, 0.3) is 5.91 Å². The van der Waals surface area contributed by atoms with E-state index in [0.29, 0.717) is 12.1 Å². The van der Waals surface area contributed by atoms with Crippen LogP contribution in [-0.4, -0.2) is 58.6 Å². The van der Waals surface area contributed by atoms with Gasteiger partial charge >= 0.3 is 6.03 Å². The number of carbonyl (C=O) groups excluding carboxylic acids is 2. The lowest BCUT2D eigenvalue weighted by Crippen LogP contribution is -2.42. The zero-order valence-corrected chi connectivity index (χ0v) is 20.4. The molecule has 1 aliphatic rings. The number of amides is 3. The highest BCUT2D eigenvalue weighted by Gasteiger charge is 2.23. The molecule has 35 heavy (non-hydrogen) atoms. The van der Waals surface area contributed by atoms with Crippen molar-refractivity contribution in [3.05, 3.63) is 40.5 Å². The highest BCUT2D eigenvalue weighted by Crippen LogP contribution is 2.31. The maximum Gasteiger partial charge on any atom is 0.319 e. The van der Waals surface area contributed by atoms with Gasteiger partial charge in [0, 0.05) is 12.6 Å². The molecule has 1 aromatic carbocycles. The number of anilines is 1. The van der Waals surface area contributed by atoms with Gasteiger partial charge in [-0.05, 0) is 74.9 Å². The number of aliphatic hydroxyl groups excluding tert-OH is 1. The molecule has 2 aromatic rings. The van der Waals surface area contributed by atoms with Crippen LogP contribution in [0.1, 0.15) is 53.6 Å². The third-order valence-electron chi connectivity index (χ3n) is 5.89. The van der Waals surface area contributed by atoms with Crippen molar-refractivity contribution in [2.24, 2.45) is 5.73 Å². The second-order valence-corrected chi connectivity index (χ2v) is 9.28. The van der Waals surface area contributed by atoms with E-state index in [9.17, 15) is 23.5 Å². The Labute approximate surface area is 206 Å². The quantitative estimate of drug-likeness (QED) is 0.343. The Bertz CT molecular complexity index is 1010. The smallest absolute Gasteiger partial charge is 0.319 e. The van der Waals surface area contributed by atoms with E-state index in [1.54, 1.807) is 6.92 Å². The van der Waals surface area contributed by atoms with Gasteiger partial charge in [-0.3, -0.25) is 15.0 Å². The molecular formula is C23H31F2N5O4S. The van der Waals surface area contributed by atoms with Crippen LogP contribution in [0.15, 0.2) is 12.1 Å². The summed E-state index contributed by atoms with van der Waals surface area (Å²) in [5.41, 5.74) is 5.37. The zero-order chi connectivity index (χ0) is 25.4. The molecule has 1 atom stereocenters. The Kier molecular flexibility index (Phi) is 9.75. The van der Waals surface area contributed by atoms with E-state index in [-0.39, 0.29) is 34.7 Å². The topological polar surface area (TPSA) is 130 Å². The van der Waals surface area contributed by atoms with Crippen LogP contribution in [0.25, 0.3) is 0 Å². The SMILES string of the molecule is Cc1cc(F)c(COc2nsc(NC(=O)NCCCCN3CCCCC3CO)c2C(N)=O)c(F)c1. The number of likely N-dealkylation sites (tertiary alicyclic amines) is 1. The van der Waals surface area contributed by atoms with Crippen molar-refractivity contribution < 1.29 is 28.2 Å². The second-order valence-electron chi connectivity index (χ2n) is 8.51. The molecule has 1 unspecified atom stereocenters. The number of benzene rings is 1. The van der Waals surface area contributed by atoms with Crippen LogP contribution in [-0.2, 0) is 6.61 Å². The summed E-state index contributed by atoms with van der Waals surface area (Å²) in [5.74, 6) is -2.66. The number of ether oxygens (including phenoxy) is 1. The predicted octanol–water partition coefficient (Wildman–Crippen LogP) is 3.16. The van der Waals surface area contributed by atoms with Gasteiger partial charge in [0.15, 0.2) is 0 Å². The Morgan fingerprint density at radius 3 is 2.71 bits per heavy atom. The number of carbonyl (C=O) groups is 2. The fourth-order valence-electron chi connectivity index (χ4n) is 4.04. The van der Waals surface area contributed by atoms with E-state index in [0.717, 1.165) is 56.7 Å². The molecule has 1 saturated heterocycles. The van der Waals surface area contributed by atoms with Crippen molar-refractivity contribution in [1.29, 1.82) is 0 Å². The second kappa shape index (κ2) is 12.8. The van der Waals surface area contributed by atoms with Crippen LogP contribution in [0.5, 0.6) is 5.88 Å². The lowest BCUT2D eigenvalue weighted by molar-refractivity contribution is 0.0888. The predicted molar refractivity (Wildman–Crippen MR) is 129 cm³/mol. The third kappa shape index (κ3) is 7.33. The molecule has 12 heteroatoms. The summed E-state index contributed by atoms with van der Waals surface area (Å²) < 4.78 is 37.4. The first-order valence-electron chi connectivity index (χ1n) is 11.6. The first kappa shape index (κ1) is 26.8. The van der Waals surface area contributed by atoms with Crippen molar-refractivity contribution in [2.75, 3.05) is 31.6 Å². The molecule has 0 bridgehead atoms. The number of urea groups is 1. The summed E-state index contributed by atoms with van der Waals surface area (Å²) in [6.45, 7) is 3.49. The number of aryl methyl sites for hydroxylation is 1. The fraction of sp³-hybridized carbons (Fsp3) is 0.522. The molecule has 0 spiro atoms. The number of unbranched alkanes of at least 4 members (excludes halogenated alkanes) is 1. The van der Waals surface area contributed by atoms with Gasteiger partial charge in [-0.15, -0.1) is 0 Å². The summed E-state index contributed by atoms with van der Waals surface area (Å²) >= 11 is 0.778. The molecule has 9 nitrogen and oxygen atoms in total. The Hall–Kier alpha value is -2.83. The van der Waals surface area contributed by atoms with Crippen LogP contribution < -0.4 is 21.1 Å². The molecule has 0 aliphatic carbocycles. The van der Waals surface area contributed by atoms with Crippen LogP contribution in [0, 0.1) is 18.6 Å². The number of nitrogens with two attached hydrogens (primary N) is 1. The first-order chi connectivity index (χ1) is 16.8. The van der Waals surface area contributed by atoms with Gasteiger partial charge in [0.1, 0.15) is 28.8 Å². The van der Waals surface area contributed by atoms with Crippen molar-refractivity contribution in [3.8, 4) is 5.88 Å². The minimum atomic E-state index is -0.895. The van der Waals surface area contributed by atoms with Gasteiger partial charge in [-0.25, -0.2) is 13.6 Å². The number of primary amides is 1. The van der Waals surface area contributed by atoms with Gasteiger partial charge in [0.05, 0.1) is 12.2 Å². The number of halogens is 2. The van der Waals surface area contributed by atoms with Crippen molar-refractivity contribution in [2.45, 2.75) is 51.7 Å². The molecule has 1 aromatic heterocycles. The average Bonchev–Trinajstić information content (AvgIpc) is 3.20. The molecule has 3 amide bonds. The number of hydrogen-bond acceptors (Lipinski definition) is 7. The average molecular weight is 512 g/mol. The molecule has 192 valence electrons. The number of piperidine rings is 1. The Balaban J connectivity index is 1.49. The van der Waals surface area contributed by atoms with Crippen LogP contribution in [0.4, 0.5) is 18.6 Å². The number of nitrogens with one attached hydrogen (secondary N) is 2. The van der Waals surface area contributed by atoms with E-state index in [4.69, 9.17) is 10.5 Å². The molecule has 1 fully saturated rings. The monoisotopic (exact) mass is 511 g/mol. The van der Waals surface area contributed by atoms with Gasteiger partial charge in [0.2, 0.25) is 5.88 Å². The van der Waals surface area contributed by atoms with E-state index in [1.807, 2.05) is 0 Å². The Morgan fingerprint density at radius 1 is 1.29 bits per heavy atom. The first-order valence-corrected chi connectivity index (χ1v) is 12.3. The Morgan fingerprint density at radius 2 is 2.03 bits per heavy atom. The van der Waals surface area contributed by atoms with E-state index in [1.165, 1.54) is 12.1 Å². The highest BCUT2D eigenvalue weighted by atomic mass is 32.1. The van der Waals surface area contributed by atoms with Crippen molar-refractivity contribution in [1.82, 2.24) is 14.6 Å². The van der Waals surface area contributed by atoms with Crippen LogP contribution in [0.2, 0.25) is 0 Å².